The number of nitrogens with two attached hydrogens (primary N) is 1. The van der Waals surface area contributed by atoms with Crippen LogP contribution in [0, 0.1) is 6.92 Å². The zero-order valence-corrected chi connectivity index (χ0v) is 10.3. The van der Waals surface area contributed by atoms with Crippen LogP contribution in [0.15, 0.2) is 36.4 Å². The van der Waals surface area contributed by atoms with Gasteiger partial charge in [-0.1, -0.05) is 12.1 Å². The minimum absolute atomic E-state index is 0.394. The molecule has 0 aliphatic rings. The van der Waals surface area contributed by atoms with Gasteiger partial charge in [-0.2, -0.15) is 0 Å². The molecule has 1 amide bonds. The van der Waals surface area contributed by atoms with E-state index in [0.717, 1.165) is 11.3 Å². The van der Waals surface area contributed by atoms with Crippen molar-refractivity contribution in [3.8, 4) is 17.0 Å². The normalized spacial score (nSPS) is 10.1. The van der Waals surface area contributed by atoms with Crippen LogP contribution in [0.2, 0.25) is 0 Å². The lowest BCUT2D eigenvalue weighted by atomic mass is 10.0. The average molecular weight is 242 g/mol. The van der Waals surface area contributed by atoms with Crippen LogP contribution in [-0.2, 0) is 0 Å². The van der Waals surface area contributed by atoms with E-state index in [4.69, 9.17) is 10.5 Å². The van der Waals surface area contributed by atoms with Gasteiger partial charge in [0, 0.05) is 11.3 Å². The van der Waals surface area contributed by atoms with Crippen LogP contribution in [0.4, 0.5) is 0 Å². The first kappa shape index (κ1) is 12.1. The van der Waals surface area contributed by atoms with Crippen LogP contribution < -0.4 is 10.5 Å². The molecule has 4 nitrogen and oxygen atoms in total. The third-order valence-corrected chi connectivity index (χ3v) is 2.66. The number of para-hydroxylation sites is 1. The fourth-order valence-electron chi connectivity index (χ4n) is 1.80. The van der Waals surface area contributed by atoms with Crippen LogP contribution in [0.1, 0.15) is 16.1 Å². The number of methoxy groups -OCH3 is 1. The minimum Gasteiger partial charge on any atom is -0.496 e. The van der Waals surface area contributed by atoms with Gasteiger partial charge in [-0.3, -0.25) is 9.78 Å². The minimum atomic E-state index is -0.497. The molecule has 92 valence electrons. The number of primary amides is 1. The lowest BCUT2D eigenvalue weighted by Crippen LogP contribution is -2.13. The highest BCUT2D eigenvalue weighted by Crippen LogP contribution is 2.30. The molecular formula is C14H14N2O2. The Bertz CT molecular complexity index is 594. The molecule has 2 N–H and O–H groups in total. The second kappa shape index (κ2) is 4.87. The Balaban J connectivity index is 2.69. The van der Waals surface area contributed by atoms with Crippen molar-refractivity contribution < 1.29 is 9.53 Å². The highest BCUT2D eigenvalue weighted by atomic mass is 16.5. The fraction of sp³-hybridized carbons (Fsp3) is 0.143. The topological polar surface area (TPSA) is 65.2 Å². The predicted molar refractivity (Wildman–Crippen MR) is 69.5 cm³/mol. The lowest BCUT2D eigenvalue weighted by molar-refractivity contribution is 0.100. The second-order valence-corrected chi connectivity index (χ2v) is 3.91. The number of carbonyl (C=O) groups excluding carboxylic acids is 1. The standard InChI is InChI=1S/C14H14N2O2/c1-9-7-8-11(14(15)17)13(16-9)10-5-3-4-6-12(10)18-2/h3-8H,1-2H3,(H2,15,17). The number of rotatable bonds is 3. The number of aromatic nitrogens is 1. The van der Waals surface area contributed by atoms with Crippen LogP contribution in [0.5, 0.6) is 5.75 Å². The Morgan fingerprint density at radius 3 is 2.61 bits per heavy atom. The number of hydrogen-bond acceptors (Lipinski definition) is 3. The molecule has 0 aliphatic heterocycles. The van der Waals surface area contributed by atoms with Crippen molar-refractivity contribution in [2.24, 2.45) is 5.73 Å². The van der Waals surface area contributed by atoms with E-state index < -0.39 is 5.91 Å². The van der Waals surface area contributed by atoms with Crippen molar-refractivity contribution in [2.45, 2.75) is 6.92 Å². The van der Waals surface area contributed by atoms with Gasteiger partial charge < -0.3 is 10.5 Å². The highest BCUT2D eigenvalue weighted by Gasteiger charge is 2.15. The quantitative estimate of drug-likeness (QED) is 0.897. The monoisotopic (exact) mass is 242 g/mol. The van der Waals surface area contributed by atoms with E-state index in [1.807, 2.05) is 31.2 Å². The number of benzene rings is 1. The third-order valence-electron chi connectivity index (χ3n) is 2.66. The maximum atomic E-state index is 11.4. The Labute approximate surface area is 105 Å². The molecule has 0 atom stereocenters. The first-order valence-corrected chi connectivity index (χ1v) is 5.54. The van der Waals surface area contributed by atoms with Crippen LogP contribution >= 0.6 is 0 Å². The second-order valence-electron chi connectivity index (χ2n) is 3.91. The van der Waals surface area contributed by atoms with Gasteiger partial charge in [-0.05, 0) is 31.2 Å². The number of carbonyl (C=O) groups is 1. The summed E-state index contributed by atoms with van der Waals surface area (Å²) in [5.41, 5.74) is 7.90. The average Bonchev–Trinajstić information content (AvgIpc) is 2.38. The molecule has 18 heavy (non-hydrogen) atoms. The molecule has 0 bridgehead atoms. The molecule has 0 aliphatic carbocycles. The van der Waals surface area contributed by atoms with Gasteiger partial charge in [0.05, 0.1) is 18.4 Å². The van der Waals surface area contributed by atoms with E-state index in [1.165, 1.54) is 0 Å². The summed E-state index contributed by atoms with van der Waals surface area (Å²) in [5.74, 6) is 0.168. The SMILES string of the molecule is COc1ccccc1-c1nc(C)ccc1C(N)=O. The van der Waals surface area contributed by atoms with Gasteiger partial charge >= 0.3 is 0 Å². The maximum absolute atomic E-state index is 11.4. The number of nitrogens with zero attached hydrogens (tertiary/aromatic N) is 1. The fourth-order valence-corrected chi connectivity index (χ4v) is 1.80. The molecule has 4 heteroatoms. The van der Waals surface area contributed by atoms with E-state index in [1.54, 1.807) is 19.2 Å². The van der Waals surface area contributed by atoms with Crippen LogP contribution in [0.25, 0.3) is 11.3 Å². The molecular weight excluding hydrogens is 228 g/mol. The maximum Gasteiger partial charge on any atom is 0.250 e. The number of aryl methyl sites for hydroxylation is 1. The van der Waals surface area contributed by atoms with Gasteiger partial charge in [0.25, 0.3) is 5.91 Å². The summed E-state index contributed by atoms with van der Waals surface area (Å²) in [6.45, 7) is 1.86. The Kier molecular flexibility index (Phi) is 3.28. The summed E-state index contributed by atoms with van der Waals surface area (Å²) in [6.07, 6.45) is 0. The van der Waals surface area contributed by atoms with E-state index in [0.29, 0.717) is 17.0 Å². The van der Waals surface area contributed by atoms with Crippen LogP contribution in [0.3, 0.4) is 0 Å². The van der Waals surface area contributed by atoms with Crippen molar-refractivity contribution in [1.82, 2.24) is 4.98 Å². The number of amides is 1. The summed E-state index contributed by atoms with van der Waals surface area (Å²) >= 11 is 0. The molecule has 1 heterocycles. The first-order chi connectivity index (χ1) is 8.63. The summed E-state index contributed by atoms with van der Waals surface area (Å²) < 4.78 is 5.28. The van der Waals surface area contributed by atoms with Crippen molar-refractivity contribution >= 4 is 5.91 Å². The van der Waals surface area contributed by atoms with Gasteiger partial charge in [0.2, 0.25) is 0 Å². The van der Waals surface area contributed by atoms with Gasteiger partial charge in [-0.25, -0.2) is 0 Å². The van der Waals surface area contributed by atoms with Crippen molar-refractivity contribution in [3.63, 3.8) is 0 Å². The van der Waals surface area contributed by atoms with Crippen molar-refractivity contribution in [1.29, 1.82) is 0 Å². The van der Waals surface area contributed by atoms with Crippen LogP contribution in [-0.4, -0.2) is 18.0 Å². The zero-order valence-electron chi connectivity index (χ0n) is 10.3. The van der Waals surface area contributed by atoms with Crippen molar-refractivity contribution in [3.05, 3.63) is 47.7 Å². The molecule has 2 aromatic rings. The molecule has 0 saturated carbocycles. The molecule has 0 fully saturated rings. The molecule has 1 aromatic carbocycles. The lowest BCUT2D eigenvalue weighted by Gasteiger charge is -2.11. The van der Waals surface area contributed by atoms with Crippen molar-refractivity contribution in [2.75, 3.05) is 7.11 Å². The van der Waals surface area contributed by atoms with E-state index in [2.05, 4.69) is 4.98 Å². The number of hydrogen-bond donors (Lipinski definition) is 1. The van der Waals surface area contributed by atoms with E-state index >= 15 is 0 Å². The molecule has 0 spiro atoms. The largest absolute Gasteiger partial charge is 0.496 e. The zero-order chi connectivity index (χ0) is 13.1. The predicted octanol–water partition coefficient (Wildman–Crippen LogP) is 2.16. The summed E-state index contributed by atoms with van der Waals surface area (Å²) in [7, 11) is 1.58. The molecule has 1 aromatic heterocycles. The Morgan fingerprint density at radius 2 is 1.94 bits per heavy atom. The number of ether oxygens (including phenoxy) is 1. The van der Waals surface area contributed by atoms with Gasteiger partial charge in [-0.15, -0.1) is 0 Å². The smallest absolute Gasteiger partial charge is 0.250 e. The first-order valence-electron chi connectivity index (χ1n) is 5.54. The Morgan fingerprint density at radius 1 is 1.22 bits per heavy atom. The van der Waals surface area contributed by atoms with E-state index in [-0.39, 0.29) is 0 Å². The van der Waals surface area contributed by atoms with Gasteiger partial charge in [0.1, 0.15) is 5.75 Å². The van der Waals surface area contributed by atoms with Gasteiger partial charge in [0.15, 0.2) is 0 Å². The molecule has 0 radical (unpaired) electrons. The highest BCUT2D eigenvalue weighted by molar-refractivity contribution is 5.99. The molecule has 2 rings (SSSR count). The number of pyridine rings is 1. The summed E-state index contributed by atoms with van der Waals surface area (Å²) in [5, 5.41) is 0. The molecule has 0 saturated heterocycles. The third kappa shape index (κ3) is 2.18. The molecule has 0 unspecified atom stereocenters. The summed E-state index contributed by atoms with van der Waals surface area (Å²) in [6, 6.07) is 10.9. The summed E-state index contributed by atoms with van der Waals surface area (Å²) in [4.78, 5) is 15.8. The van der Waals surface area contributed by atoms with E-state index in [9.17, 15) is 4.79 Å². The Hall–Kier alpha value is -2.36.